The van der Waals surface area contributed by atoms with Crippen molar-refractivity contribution in [1.82, 2.24) is 0 Å². The van der Waals surface area contributed by atoms with Gasteiger partial charge in [0.25, 0.3) is 0 Å². The van der Waals surface area contributed by atoms with E-state index < -0.39 is 48.1 Å². The molecule has 0 saturated carbocycles. The van der Waals surface area contributed by atoms with Crippen LogP contribution in [0.1, 0.15) is 53.9 Å². The van der Waals surface area contributed by atoms with Gasteiger partial charge in [0, 0.05) is 19.3 Å². The largest absolute Gasteiger partial charge is 0.508 e. The van der Waals surface area contributed by atoms with Gasteiger partial charge < -0.3 is 24.4 Å². The first-order chi connectivity index (χ1) is 11.7. The van der Waals surface area contributed by atoms with E-state index in [2.05, 4.69) is 0 Å². The summed E-state index contributed by atoms with van der Waals surface area (Å²) in [7, 11) is 0. The normalized spacial score (nSPS) is 16.3. The number of rotatable bonds is 10. The Morgan fingerprint density at radius 2 is 1.48 bits per heavy atom. The fourth-order valence-corrected chi connectivity index (χ4v) is 2.07. The van der Waals surface area contributed by atoms with E-state index in [-0.39, 0.29) is 19.3 Å². The third kappa shape index (κ3) is 6.38. The van der Waals surface area contributed by atoms with Gasteiger partial charge in [-0.3, -0.25) is 14.4 Å². The number of aliphatic hydroxyl groups is 2. The van der Waals surface area contributed by atoms with Gasteiger partial charge in [-0.1, -0.05) is 20.8 Å². The van der Waals surface area contributed by atoms with Gasteiger partial charge in [0.1, 0.15) is 5.76 Å². The second kappa shape index (κ2) is 10.7. The van der Waals surface area contributed by atoms with E-state index in [0.717, 1.165) is 0 Å². The number of carbonyl (C=O) groups excluding carboxylic acids is 3. The van der Waals surface area contributed by atoms with Crippen molar-refractivity contribution in [3.8, 4) is 0 Å². The minimum Gasteiger partial charge on any atom is -0.508 e. The molecule has 0 aliphatic carbocycles. The van der Waals surface area contributed by atoms with E-state index in [1.807, 2.05) is 0 Å². The van der Waals surface area contributed by atoms with Crippen molar-refractivity contribution in [3.05, 3.63) is 11.8 Å². The number of esters is 3. The Balaban J connectivity index is 6.01. The Kier molecular flexibility index (Phi) is 9.81. The Labute approximate surface area is 147 Å². The lowest BCUT2D eigenvalue weighted by Gasteiger charge is -2.38. The van der Waals surface area contributed by atoms with Gasteiger partial charge in [-0.2, -0.15) is 0 Å². The van der Waals surface area contributed by atoms with E-state index in [0.29, 0.717) is 0 Å². The van der Waals surface area contributed by atoms with Crippen molar-refractivity contribution < 1.29 is 38.8 Å². The van der Waals surface area contributed by atoms with Gasteiger partial charge in [-0.15, -0.1) is 0 Å². The van der Waals surface area contributed by atoms with E-state index in [4.69, 9.17) is 14.2 Å². The number of carbonyl (C=O) groups is 3. The van der Waals surface area contributed by atoms with E-state index >= 15 is 0 Å². The number of hydrogen-bond donors (Lipinski definition) is 2. The molecule has 0 amide bonds. The van der Waals surface area contributed by atoms with Crippen molar-refractivity contribution in [2.75, 3.05) is 6.61 Å². The zero-order valence-corrected chi connectivity index (χ0v) is 15.4. The minimum absolute atomic E-state index is 0.00474. The van der Waals surface area contributed by atoms with Crippen LogP contribution < -0.4 is 0 Å². The zero-order chi connectivity index (χ0) is 19.6. The van der Waals surface area contributed by atoms with Crippen LogP contribution in [0.4, 0.5) is 0 Å². The maximum Gasteiger partial charge on any atom is 0.306 e. The summed E-state index contributed by atoms with van der Waals surface area (Å²) in [6.07, 6.45) is -1.42. The third-order valence-corrected chi connectivity index (χ3v) is 3.58. The summed E-state index contributed by atoms with van der Waals surface area (Å²) in [6, 6.07) is 0. The molecule has 0 aromatic heterocycles. The van der Waals surface area contributed by atoms with E-state index in [1.165, 1.54) is 19.9 Å². The summed E-state index contributed by atoms with van der Waals surface area (Å²) >= 11 is 0. The van der Waals surface area contributed by atoms with E-state index in [1.54, 1.807) is 20.8 Å². The standard InChI is InChI=1S/C17H28O8/c1-6-12(19)17(5,25-15(22)9-4)16(24-14(21)8-3)11(10-18)23-13(20)7-2/h6,11,16,18-19H,7-10H2,1-5H3/b12-6-/t11-,16+,17?/m1/s1. The molecule has 0 radical (unpaired) electrons. The lowest BCUT2D eigenvalue weighted by molar-refractivity contribution is -0.203. The Bertz CT molecular complexity index is 499. The highest BCUT2D eigenvalue weighted by atomic mass is 16.6. The van der Waals surface area contributed by atoms with Gasteiger partial charge in [0.2, 0.25) is 5.60 Å². The van der Waals surface area contributed by atoms with Gasteiger partial charge in [-0.25, -0.2) is 0 Å². The lowest BCUT2D eigenvalue weighted by atomic mass is 9.91. The summed E-state index contributed by atoms with van der Waals surface area (Å²) in [5.41, 5.74) is -1.83. The van der Waals surface area contributed by atoms with Crippen LogP contribution >= 0.6 is 0 Å². The van der Waals surface area contributed by atoms with Crippen molar-refractivity contribution in [3.63, 3.8) is 0 Å². The van der Waals surface area contributed by atoms with Crippen molar-refractivity contribution in [2.24, 2.45) is 0 Å². The van der Waals surface area contributed by atoms with Crippen LogP contribution in [-0.2, 0) is 28.6 Å². The molecule has 3 atom stereocenters. The van der Waals surface area contributed by atoms with Crippen LogP contribution in [0.5, 0.6) is 0 Å². The molecule has 25 heavy (non-hydrogen) atoms. The first-order valence-corrected chi connectivity index (χ1v) is 8.27. The lowest BCUT2D eigenvalue weighted by Crippen LogP contribution is -2.55. The SMILES string of the molecule is C/C=C(\O)C(C)(OC(=O)CC)[C@@H](OC(=O)CC)[C@@H](CO)OC(=O)CC. The average molecular weight is 360 g/mol. The first-order valence-electron chi connectivity index (χ1n) is 8.27. The molecule has 0 aliphatic rings. The first kappa shape index (κ1) is 22.9. The Hall–Kier alpha value is -2.09. The molecular formula is C17H28O8. The Morgan fingerprint density at radius 3 is 1.88 bits per heavy atom. The maximum absolute atomic E-state index is 11.8. The number of ether oxygens (including phenoxy) is 3. The topological polar surface area (TPSA) is 119 Å². The second-order valence-corrected chi connectivity index (χ2v) is 5.44. The fraction of sp³-hybridized carbons (Fsp3) is 0.706. The predicted octanol–water partition coefficient (Wildman–Crippen LogP) is 1.80. The van der Waals surface area contributed by atoms with Gasteiger partial charge >= 0.3 is 17.9 Å². The molecule has 144 valence electrons. The molecule has 0 aliphatic heterocycles. The van der Waals surface area contributed by atoms with Crippen LogP contribution in [0.25, 0.3) is 0 Å². The van der Waals surface area contributed by atoms with Gasteiger partial charge in [0.05, 0.1) is 6.61 Å². The molecule has 0 aromatic carbocycles. The smallest absolute Gasteiger partial charge is 0.306 e. The highest BCUT2D eigenvalue weighted by Gasteiger charge is 2.50. The quantitative estimate of drug-likeness (QED) is 0.344. The molecule has 0 spiro atoms. The summed E-state index contributed by atoms with van der Waals surface area (Å²) in [5, 5.41) is 19.9. The molecule has 8 heteroatoms. The van der Waals surface area contributed by atoms with Crippen LogP contribution in [0.3, 0.4) is 0 Å². The van der Waals surface area contributed by atoms with Crippen LogP contribution in [0.2, 0.25) is 0 Å². The molecule has 0 heterocycles. The molecule has 0 bridgehead atoms. The van der Waals surface area contributed by atoms with Crippen LogP contribution in [0.15, 0.2) is 11.8 Å². The molecule has 0 rings (SSSR count). The number of hydrogen-bond acceptors (Lipinski definition) is 8. The van der Waals surface area contributed by atoms with Crippen molar-refractivity contribution in [2.45, 2.75) is 71.7 Å². The molecular weight excluding hydrogens is 332 g/mol. The molecule has 0 saturated heterocycles. The van der Waals surface area contributed by atoms with E-state index in [9.17, 15) is 24.6 Å². The molecule has 2 N–H and O–H groups in total. The summed E-state index contributed by atoms with van der Waals surface area (Å²) in [6.45, 7) is 6.80. The number of aliphatic hydroxyl groups excluding tert-OH is 2. The zero-order valence-electron chi connectivity index (χ0n) is 15.4. The molecule has 0 aromatic rings. The average Bonchev–Trinajstić information content (AvgIpc) is 2.62. The fourth-order valence-electron chi connectivity index (χ4n) is 2.07. The van der Waals surface area contributed by atoms with Crippen LogP contribution in [-0.4, -0.2) is 52.5 Å². The molecule has 1 unspecified atom stereocenters. The Morgan fingerprint density at radius 1 is 1.00 bits per heavy atom. The van der Waals surface area contributed by atoms with Gasteiger partial charge in [-0.05, 0) is 19.9 Å². The third-order valence-electron chi connectivity index (χ3n) is 3.58. The van der Waals surface area contributed by atoms with Crippen molar-refractivity contribution >= 4 is 17.9 Å². The van der Waals surface area contributed by atoms with Crippen LogP contribution in [0, 0.1) is 0 Å². The maximum atomic E-state index is 11.8. The predicted molar refractivity (Wildman–Crippen MR) is 88.6 cm³/mol. The molecule has 0 fully saturated rings. The van der Waals surface area contributed by atoms with Crippen molar-refractivity contribution in [1.29, 1.82) is 0 Å². The monoisotopic (exact) mass is 360 g/mol. The highest BCUT2D eigenvalue weighted by Crippen LogP contribution is 2.31. The highest BCUT2D eigenvalue weighted by molar-refractivity contribution is 5.71. The minimum atomic E-state index is -1.83. The molecule has 8 nitrogen and oxygen atoms in total. The summed E-state index contributed by atoms with van der Waals surface area (Å²) in [4.78, 5) is 35.3. The second-order valence-electron chi connectivity index (χ2n) is 5.44. The van der Waals surface area contributed by atoms with Gasteiger partial charge in [0.15, 0.2) is 12.2 Å². The summed E-state index contributed by atoms with van der Waals surface area (Å²) in [5.74, 6) is -2.36. The number of allylic oxidation sites excluding steroid dienone is 1. The summed E-state index contributed by atoms with van der Waals surface area (Å²) < 4.78 is 15.7.